The summed E-state index contributed by atoms with van der Waals surface area (Å²) in [6.45, 7) is 7.11. The van der Waals surface area contributed by atoms with Crippen LogP contribution in [0.4, 0.5) is 5.13 Å². The van der Waals surface area contributed by atoms with Crippen LogP contribution >= 0.6 is 11.3 Å². The molecule has 2 amide bonds. The minimum atomic E-state index is -0.470. The molecule has 0 aliphatic rings. The molecule has 0 aromatic carbocycles. The molecular formula is C13H19N3O3S. The molecule has 1 aromatic heterocycles. The molecule has 7 heteroatoms. The molecule has 0 radical (unpaired) electrons. The molecule has 0 saturated heterocycles. The molecule has 0 aliphatic carbocycles. The van der Waals surface area contributed by atoms with Gasteiger partial charge in [-0.2, -0.15) is 0 Å². The molecule has 0 unspecified atom stereocenters. The first kappa shape index (κ1) is 16.3. The molecule has 0 atom stereocenters. The molecule has 0 fully saturated rings. The summed E-state index contributed by atoms with van der Waals surface area (Å²) in [6, 6.07) is 0. The average Bonchev–Trinajstić information content (AvgIpc) is 2.76. The van der Waals surface area contributed by atoms with Gasteiger partial charge in [-0.1, -0.05) is 20.8 Å². The van der Waals surface area contributed by atoms with Gasteiger partial charge < -0.3 is 10.6 Å². The van der Waals surface area contributed by atoms with Crippen molar-refractivity contribution >= 4 is 34.1 Å². The number of aromatic nitrogens is 1. The first-order valence-electron chi connectivity index (χ1n) is 6.25. The summed E-state index contributed by atoms with van der Waals surface area (Å²) in [4.78, 5) is 38.3. The predicted molar refractivity (Wildman–Crippen MR) is 77.8 cm³/mol. The van der Waals surface area contributed by atoms with E-state index in [1.54, 1.807) is 26.2 Å². The van der Waals surface area contributed by atoms with Crippen LogP contribution in [0.25, 0.3) is 0 Å². The van der Waals surface area contributed by atoms with Crippen LogP contribution in [0.1, 0.15) is 44.6 Å². The Balaban J connectivity index is 2.37. The third kappa shape index (κ3) is 5.08. The number of thiazole rings is 1. The number of hydrogen-bond donors (Lipinski definition) is 2. The lowest BCUT2D eigenvalue weighted by molar-refractivity contribution is -0.128. The minimum absolute atomic E-state index is 0.0987. The zero-order valence-electron chi connectivity index (χ0n) is 12.1. The summed E-state index contributed by atoms with van der Waals surface area (Å²) in [7, 11) is 0. The van der Waals surface area contributed by atoms with Gasteiger partial charge >= 0.3 is 0 Å². The van der Waals surface area contributed by atoms with Crippen molar-refractivity contribution in [1.82, 2.24) is 10.3 Å². The number of Topliss-reactive ketones (excluding diaryl/α,β-unsaturated/α-hetero) is 1. The van der Waals surface area contributed by atoms with E-state index in [0.717, 1.165) is 0 Å². The van der Waals surface area contributed by atoms with Gasteiger partial charge in [0.15, 0.2) is 10.9 Å². The number of rotatable bonds is 5. The molecule has 110 valence electrons. The van der Waals surface area contributed by atoms with E-state index in [2.05, 4.69) is 15.6 Å². The Bertz CT molecular complexity index is 517. The first-order chi connectivity index (χ1) is 9.20. The van der Waals surface area contributed by atoms with E-state index in [4.69, 9.17) is 0 Å². The molecule has 1 aromatic rings. The number of nitrogens with one attached hydrogen (secondary N) is 2. The Morgan fingerprint density at radius 3 is 2.45 bits per heavy atom. The third-order valence-corrected chi connectivity index (χ3v) is 3.19. The Kier molecular flexibility index (Phi) is 5.38. The highest BCUT2D eigenvalue weighted by Gasteiger charge is 2.20. The van der Waals surface area contributed by atoms with Crippen LogP contribution in [-0.2, 0) is 9.59 Å². The number of ketones is 1. The highest BCUT2D eigenvalue weighted by atomic mass is 32.1. The molecule has 20 heavy (non-hydrogen) atoms. The van der Waals surface area contributed by atoms with Crippen molar-refractivity contribution in [3.8, 4) is 0 Å². The van der Waals surface area contributed by atoms with Gasteiger partial charge in [0, 0.05) is 30.7 Å². The van der Waals surface area contributed by atoms with Crippen molar-refractivity contribution in [3.05, 3.63) is 11.1 Å². The van der Waals surface area contributed by atoms with E-state index in [1.165, 1.54) is 18.3 Å². The minimum Gasteiger partial charge on any atom is -0.355 e. The van der Waals surface area contributed by atoms with Crippen LogP contribution < -0.4 is 10.6 Å². The fourth-order valence-corrected chi connectivity index (χ4v) is 2.00. The largest absolute Gasteiger partial charge is 0.355 e. The zero-order chi connectivity index (χ0) is 15.3. The van der Waals surface area contributed by atoms with E-state index >= 15 is 0 Å². The summed E-state index contributed by atoms with van der Waals surface area (Å²) in [5.41, 5.74) is -0.131. The fourth-order valence-electron chi connectivity index (χ4n) is 1.23. The van der Waals surface area contributed by atoms with E-state index in [-0.39, 0.29) is 30.6 Å². The van der Waals surface area contributed by atoms with Crippen molar-refractivity contribution in [2.45, 2.75) is 34.1 Å². The maximum Gasteiger partial charge on any atom is 0.227 e. The molecule has 2 N–H and O–H groups in total. The molecule has 1 heterocycles. The van der Waals surface area contributed by atoms with Gasteiger partial charge in [-0.25, -0.2) is 4.98 Å². The van der Waals surface area contributed by atoms with Crippen LogP contribution in [0.5, 0.6) is 0 Å². The van der Waals surface area contributed by atoms with Gasteiger partial charge in [-0.05, 0) is 0 Å². The van der Waals surface area contributed by atoms with Crippen molar-refractivity contribution in [2.24, 2.45) is 5.41 Å². The molecule has 1 rings (SSSR count). The van der Waals surface area contributed by atoms with Crippen molar-refractivity contribution in [2.75, 3.05) is 11.9 Å². The molecule has 0 spiro atoms. The van der Waals surface area contributed by atoms with Crippen LogP contribution in [0.3, 0.4) is 0 Å². The lowest BCUT2D eigenvalue weighted by atomic mass is 9.96. The van der Waals surface area contributed by atoms with Gasteiger partial charge in [0.2, 0.25) is 11.8 Å². The van der Waals surface area contributed by atoms with Gasteiger partial charge in [0.25, 0.3) is 0 Å². The molecule has 0 bridgehead atoms. The lowest BCUT2D eigenvalue weighted by Crippen LogP contribution is -2.36. The van der Waals surface area contributed by atoms with Crippen molar-refractivity contribution < 1.29 is 14.4 Å². The summed E-state index contributed by atoms with van der Waals surface area (Å²) in [5.74, 6) is -0.485. The first-order valence-corrected chi connectivity index (χ1v) is 7.12. The fraction of sp³-hybridized carbons (Fsp3) is 0.538. The maximum absolute atomic E-state index is 11.6. The molecule has 0 aliphatic heterocycles. The normalized spacial score (nSPS) is 11.0. The second-order valence-electron chi connectivity index (χ2n) is 5.40. The molecule has 0 saturated carbocycles. The highest BCUT2D eigenvalue weighted by Crippen LogP contribution is 2.16. The summed E-state index contributed by atoms with van der Waals surface area (Å²) in [5, 5.41) is 7.27. The average molecular weight is 297 g/mol. The Hall–Kier alpha value is -1.76. The van der Waals surface area contributed by atoms with Crippen LogP contribution in [0.15, 0.2) is 5.38 Å². The second-order valence-corrected chi connectivity index (χ2v) is 6.26. The van der Waals surface area contributed by atoms with E-state index in [0.29, 0.717) is 10.8 Å². The summed E-state index contributed by atoms with van der Waals surface area (Å²) >= 11 is 1.20. The third-order valence-electron chi connectivity index (χ3n) is 2.43. The SMILES string of the molecule is CC(=O)c1csc(NC(=O)CCNC(=O)C(C)(C)C)n1. The number of anilines is 1. The van der Waals surface area contributed by atoms with E-state index in [1.807, 2.05) is 0 Å². The standard InChI is InChI=1S/C13H19N3O3S/c1-8(17)9-7-20-12(15-9)16-10(18)5-6-14-11(19)13(2,3)4/h7H,5-6H2,1-4H3,(H,14,19)(H,15,16,18). The van der Waals surface area contributed by atoms with Crippen LogP contribution in [-0.4, -0.2) is 29.1 Å². The van der Waals surface area contributed by atoms with Gasteiger partial charge in [-0.3, -0.25) is 14.4 Å². The monoisotopic (exact) mass is 297 g/mol. The number of carbonyl (C=O) groups excluding carboxylic acids is 3. The lowest BCUT2D eigenvalue weighted by Gasteiger charge is -2.17. The van der Waals surface area contributed by atoms with Gasteiger partial charge in [0.1, 0.15) is 5.69 Å². The Morgan fingerprint density at radius 2 is 1.95 bits per heavy atom. The quantitative estimate of drug-likeness (QED) is 0.812. The number of hydrogen-bond acceptors (Lipinski definition) is 5. The number of amides is 2. The Labute approximate surface area is 122 Å². The van der Waals surface area contributed by atoms with E-state index < -0.39 is 5.41 Å². The Morgan fingerprint density at radius 1 is 1.30 bits per heavy atom. The number of nitrogens with zero attached hydrogens (tertiary/aromatic N) is 1. The molecule has 6 nitrogen and oxygen atoms in total. The summed E-state index contributed by atoms with van der Waals surface area (Å²) < 4.78 is 0. The van der Waals surface area contributed by atoms with Gasteiger partial charge in [0.05, 0.1) is 0 Å². The topological polar surface area (TPSA) is 88.2 Å². The van der Waals surface area contributed by atoms with Crippen LogP contribution in [0.2, 0.25) is 0 Å². The zero-order valence-corrected chi connectivity index (χ0v) is 12.9. The predicted octanol–water partition coefficient (Wildman–Crippen LogP) is 1.84. The smallest absolute Gasteiger partial charge is 0.227 e. The van der Waals surface area contributed by atoms with Crippen LogP contribution in [0, 0.1) is 5.41 Å². The number of carbonyl (C=O) groups is 3. The molecular weight excluding hydrogens is 278 g/mol. The van der Waals surface area contributed by atoms with Crippen molar-refractivity contribution in [1.29, 1.82) is 0 Å². The van der Waals surface area contributed by atoms with Gasteiger partial charge in [-0.15, -0.1) is 11.3 Å². The van der Waals surface area contributed by atoms with Crippen molar-refractivity contribution in [3.63, 3.8) is 0 Å². The van der Waals surface area contributed by atoms with E-state index in [9.17, 15) is 14.4 Å². The summed E-state index contributed by atoms with van der Waals surface area (Å²) in [6.07, 6.45) is 0.163. The second kappa shape index (κ2) is 6.60. The maximum atomic E-state index is 11.6. The highest BCUT2D eigenvalue weighted by molar-refractivity contribution is 7.14.